The van der Waals surface area contributed by atoms with Crippen LogP contribution in [0, 0.1) is 5.92 Å². The number of rotatable bonds is 6. The molecule has 1 fully saturated rings. The second-order valence-corrected chi connectivity index (χ2v) is 10.5. The number of fused-ring (bicyclic) bond motifs is 4. The highest BCUT2D eigenvalue weighted by Crippen LogP contribution is 2.38. The number of hydrogen-bond donors (Lipinski definition) is 4. The molecule has 0 saturated heterocycles. The number of aromatic nitrogens is 3. The largest absolute Gasteiger partial charge is 0.390 e. The molecule has 1 saturated carbocycles. The molecule has 4 aromatic rings. The number of aliphatic hydroxyl groups excluding tert-OH is 2. The molecule has 37 heavy (non-hydrogen) atoms. The van der Waals surface area contributed by atoms with Crippen molar-refractivity contribution < 1.29 is 27.6 Å². The highest BCUT2D eigenvalue weighted by Gasteiger charge is 2.42. The van der Waals surface area contributed by atoms with E-state index < -0.39 is 34.5 Å². The van der Waals surface area contributed by atoms with E-state index in [1.54, 1.807) is 22.8 Å². The molecule has 2 aromatic carbocycles. The maximum Gasteiger partial charge on any atom is 0.333 e. The van der Waals surface area contributed by atoms with Crippen LogP contribution in [0.15, 0.2) is 60.8 Å². The molecule has 6 rings (SSSR count). The van der Waals surface area contributed by atoms with Crippen LogP contribution in [0.4, 0.5) is 5.82 Å². The molecule has 2 aromatic heterocycles. The van der Waals surface area contributed by atoms with Crippen LogP contribution in [0.1, 0.15) is 22.3 Å². The minimum Gasteiger partial charge on any atom is -0.390 e. The highest BCUT2D eigenvalue weighted by atomic mass is 32.2. The van der Waals surface area contributed by atoms with Crippen molar-refractivity contribution in [2.24, 2.45) is 11.1 Å². The molecule has 0 bridgehead atoms. The zero-order valence-electron chi connectivity index (χ0n) is 19.4. The zero-order chi connectivity index (χ0) is 25.9. The Kier molecular flexibility index (Phi) is 5.58. The molecule has 2 heterocycles. The summed E-state index contributed by atoms with van der Waals surface area (Å²) in [6, 6.07) is 16.1. The summed E-state index contributed by atoms with van der Waals surface area (Å²) in [6.45, 7) is -0.339. The van der Waals surface area contributed by atoms with Gasteiger partial charge in [0.05, 0.1) is 24.4 Å². The summed E-state index contributed by atoms with van der Waals surface area (Å²) in [5, 5.41) is 33.6. The third-order valence-electron chi connectivity index (χ3n) is 6.96. The van der Waals surface area contributed by atoms with Gasteiger partial charge in [-0.25, -0.2) is 10.1 Å². The molecule has 190 valence electrons. The van der Waals surface area contributed by atoms with Gasteiger partial charge in [0.15, 0.2) is 11.4 Å². The van der Waals surface area contributed by atoms with E-state index in [1.807, 2.05) is 42.5 Å². The van der Waals surface area contributed by atoms with E-state index in [4.69, 9.17) is 5.14 Å². The van der Waals surface area contributed by atoms with Crippen molar-refractivity contribution in [2.75, 3.05) is 11.9 Å². The third kappa shape index (κ3) is 4.18. The Labute approximate surface area is 211 Å². The van der Waals surface area contributed by atoms with E-state index in [0.29, 0.717) is 28.3 Å². The lowest BCUT2D eigenvalue weighted by Crippen LogP contribution is -2.36. The Morgan fingerprint density at radius 1 is 1.03 bits per heavy atom. The summed E-state index contributed by atoms with van der Waals surface area (Å²) in [4.78, 5) is 17.3. The Balaban J connectivity index is 1.27. The first-order valence-electron chi connectivity index (χ1n) is 11.6. The van der Waals surface area contributed by atoms with E-state index in [2.05, 4.69) is 19.6 Å². The molecule has 0 amide bonds. The number of nitrogens with one attached hydrogen (secondary N) is 1. The van der Waals surface area contributed by atoms with Crippen LogP contribution in [0.2, 0.25) is 0 Å². The van der Waals surface area contributed by atoms with E-state index in [-0.39, 0.29) is 18.8 Å². The van der Waals surface area contributed by atoms with Crippen LogP contribution in [0.5, 0.6) is 0 Å². The smallest absolute Gasteiger partial charge is 0.333 e. The van der Waals surface area contributed by atoms with Crippen LogP contribution in [0.3, 0.4) is 0 Å². The van der Waals surface area contributed by atoms with E-state index in [1.165, 1.54) is 0 Å². The molecular formula is C25H23N5O6S. The van der Waals surface area contributed by atoms with E-state index in [0.717, 1.165) is 16.7 Å². The maximum absolute atomic E-state index is 12.9. The fourth-order valence-corrected chi connectivity index (χ4v) is 5.50. The van der Waals surface area contributed by atoms with Crippen molar-refractivity contribution >= 4 is 27.6 Å². The number of ketones is 1. The summed E-state index contributed by atoms with van der Waals surface area (Å²) in [7, 11) is -4.16. The number of carbonyl (C=O) groups excluding carboxylic acids is 1. The number of anilines is 1. The zero-order valence-corrected chi connectivity index (χ0v) is 20.2. The average Bonchev–Trinajstić information content (AvgIpc) is 3.52. The van der Waals surface area contributed by atoms with Gasteiger partial charge in [-0.05, 0) is 29.7 Å². The van der Waals surface area contributed by atoms with Gasteiger partial charge in [-0.15, -0.1) is 0 Å². The van der Waals surface area contributed by atoms with Crippen molar-refractivity contribution in [3.8, 4) is 22.4 Å². The topological polar surface area (TPSA) is 169 Å². The molecule has 4 atom stereocenters. The maximum atomic E-state index is 12.9. The molecular weight excluding hydrogens is 498 g/mol. The molecule has 0 radical (unpaired) electrons. The van der Waals surface area contributed by atoms with Crippen LogP contribution in [0.25, 0.3) is 28.0 Å². The predicted molar refractivity (Wildman–Crippen MR) is 134 cm³/mol. The molecule has 0 aliphatic heterocycles. The lowest BCUT2D eigenvalue weighted by atomic mass is 10.0. The van der Waals surface area contributed by atoms with Gasteiger partial charge in [0.25, 0.3) is 0 Å². The fourth-order valence-electron chi connectivity index (χ4n) is 5.14. The number of aliphatic hydroxyl groups is 2. The normalized spacial score (nSPS) is 22.8. The number of nitrogens with two attached hydrogens (primary N) is 1. The quantitative estimate of drug-likeness (QED) is 0.258. The van der Waals surface area contributed by atoms with Gasteiger partial charge in [-0.1, -0.05) is 36.4 Å². The van der Waals surface area contributed by atoms with Crippen LogP contribution >= 0.6 is 0 Å². The standard InChI is InChI=1S/C25H23N5O6S/c26-37(34,35)36-12-14-10-20(25(33)23(14)31)28-21-7-8-27-22-11-19(29-30(21)22)13-5-6-16-15-3-1-2-4-17(15)24(32)18(16)9-13/h1-9,11,14,20,23,25,28,31,33H,10,12H2,(H2,26,34,35)/t14?,20-,23-,25+/m1/s1. The molecule has 1 unspecified atom stereocenters. The van der Waals surface area contributed by atoms with Gasteiger partial charge in [-0.3, -0.25) is 8.98 Å². The average molecular weight is 522 g/mol. The first-order chi connectivity index (χ1) is 17.7. The van der Waals surface area contributed by atoms with Gasteiger partial charge in [0.1, 0.15) is 11.9 Å². The van der Waals surface area contributed by atoms with Gasteiger partial charge in [0, 0.05) is 34.9 Å². The van der Waals surface area contributed by atoms with E-state index in [9.17, 15) is 23.4 Å². The summed E-state index contributed by atoms with van der Waals surface area (Å²) < 4.78 is 28.4. The monoisotopic (exact) mass is 521 g/mol. The molecule has 0 spiro atoms. The molecule has 11 nitrogen and oxygen atoms in total. The summed E-state index contributed by atoms with van der Waals surface area (Å²) in [5.41, 5.74) is 5.02. The fraction of sp³-hybridized carbons (Fsp3) is 0.240. The molecule has 2 aliphatic carbocycles. The predicted octanol–water partition coefficient (Wildman–Crippen LogP) is 1.35. The number of carbonyl (C=O) groups is 1. The molecule has 2 aliphatic rings. The Morgan fingerprint density at radius 3 is 2.57 bits per heavy atom. The Bertz CT molecular complexity index is 1650. The van der Waals surface area contributed by atoms with E-state index >= 15 is 0 Å². The van der Waals surface area contributed by atoms with Gasteiger partial charge in [-0.2, -0.15) is 18.0 Å². The molecule has 12 heteroatoms. The number of nitrogens with zero attached hydrogens (tertiary/aromatic N) is 3. The van der Waals surface area contributed by atoms with Crippen LogP contribution in [-0.2, 0) is 14.5 Å². The minimum absolute atomic E-state index is 0.0218. The second kappa shape index (κ2) is 8.71. The summed E-state index contributed by atoms with van der Waals surface area (Å²) in [5.74, 6) is -0.138. The van der Waals surface area contributed by atoms with Crippen molar-refractivity contribution in [3.63, 3.8) is 0 Å². The molecule has 5 N–H and O–H groups in total. The van der Waals surface area contributed by atoms with Crippen molar-refractivity contribution in [2.45, 2.75) is 24.7 Å². The summed E-state index contributed by atoms with van der Waals surface area (Å²) in [6.07, 6.45) is -0.538. The SMILES string of the molecule is NS(=O)(=O)OCC1C[C@@H](Nc2ccnc3cc(-c4ccc5c(c4)C(=O)c4ccccc4-5)nn23)[C@H](O)[C@@H]1O. The lowest BCUT2D eigenvalue weighted by molar-refractivity contribution is 0.00777. The van der Waals surface area contributed by atoms with Crippen molar-refractivity contribution in [3.05, 3.63) is 71.9 Å². The van der Waals surface area contributed by atoms with Crippen LogP contribution in [-0.4, -0.2) is 63.9 Å². The van der Waals surface area contributed by atoms with Crippen molar-refractivity contribution in [1.29, 1.82) is 0 Å². The van der Waals surface area contributed by atoms with Gasteiger partial charge >= 0.3 is 10.3 Å². The van der Waals surface area contributed by atoms with Gasteiger partial charge < -0.3 is 15.5 Å². The van der Waals surface area contributed by atoms with Gasteiger partial charge in [0.2, 0.25) is 0 Å². The van der Waals surface area contributed by atoms with Crippen LogP contribution < -0.4 is 10.5 Å². The lowest BCUT2D eigenvalue weighted by Gasteiger charge is -2.19. The highest BCUT2D eigenvalue weighted by molar-refractivity contribution is 7.84. The Morgan fingerprint density at radius 2 is 1.78 bits per heavy atom. The first kappa shape index (κ1) is 23.7. The summed E-state index contributed by atoms with van der Waals surface area (Å²) >= 11 is 0. The third-order valence-corrected chi connectivity index (χ3v) is 7.43. The Hall–Kier alpha value is -3.68. The number of hydrogen-bond acceptors (Lipinski definition) is 9. The first-order valence-corrected chi connectivity index (χ1v) is 13.1. The minimum atomic E-state index is -4.16. The number of benzene rings is 2. The van der Waals surface area contributed by atoms with Crippen molar-refractivity contribution in [1.82, 2.24) is 14.6 Å². The second-order valence-electron chi connectivity index (χ2n) is 9.27.